The van der Waals surface area contributed by atoms with Crippen molar-refractivity contribution in [1.29, 1.82) is 0 Å². The van der Waals surface area contributed by atoms with Crippen LogP contribution in [-0.2, 0) is 4.74 Å². The van der Waals surface area contributed by atoms with E-state index in [0.29, 0.717) is 25.5 Å². The lowest BCUT2D eigenvalue weighted by Crippen LogP contribution is -2.13. The number of hydrogen-bond acceptors (Lipinski definition) is 5. The fraction of sp³-hybridized carbons (Fsp3) is 0.417. The van der Waals surface area contributed by atoms with Crippen LogP contribution < -0.4 is 5.32 Å². The Morgan fingerprint density at radius 3 is 3.17 bits per heavy atom. The lowest BCUT2D eigenvalue weighted by Gasteiger charge is -2.09. The second kappa shape index (κ2) is 5.59. The molecule has 0 saturated carbocycles. The van der Waals surface area contributed by atoms with Crippen LogP contribution in [-0.4, -0.2) is 39.3 Å². The molecular formula is C12H17N5O. The largest absolute Gasteiger partial charge is 0.375 e. The zero-order chi connectivity index (χ0) is 13.0. The van der Waals surface area contributed by atoms with E-state index in [4.69, 9.17) is 4.74 Å². The Bertz CT molecular complexity index is 548. The van der Waals surface area contributed by atoms with Gasteiger partial charge in [0.2, 0.25) is 0 Å². The third-order valence-corrected chi connectivity index (χ3v) is 2.28. The average molecular weight is 247 g/mol. The van der Waals surface area contributed by atoms with Crippen molar-refractivity contribution in [1.82, 2.24) is 19.6 Å². The van der Waals surface area contributed by atoms with E-state index in [0.717, 1.165) is 17.1 Å². The Balaban J connectivity index is 1.94. The van der Waals surface area contributed by atoms with Gasteiger partial charge in [-0.3, -0.25) is 0 Å². The second-order valence-electron chi connectivity index (χ2n) is 4.19. The molecule has 0 bridgehead atoms. The van der Waals surface area contributed by atoms with Gasteiger partial charge in [-0.1, -0.05) is 12.2 Å². The van der Waals surface area contributed by atoms with Gasteiger partial charge in [0.05, 0.1) is 13.2 Å². The van der Waals surface area contributed by atoms with Crippen molar-refractivity contribution < 1.29 is 4.74 Å². The van der Waals surface area contributed by atoms with Gasteiger partial charge in [-0.05, 0) is 13.8 Å². The molecule has 2 heterocycles. The standard InChI is InChI=1S/C12H17N5O/c1-9(2)7-18-5-4-13-11-6-10(3)16-12-14-8-15-17(11)12/h6,8,13H,1,4-5,7H2,2-3H3. The molecular weight excluding hydrogens is 230 g/mol. The average Bonchev–Trinajstić information content (AvgIpc) is 2.75. The first-order chi connectivity index (χ1) is 8.66. The van der Waals surface area contributed by atoms with Gasteiger partial charge >= 0.3 is 0 Å². The maximum atomic E-state index is 5.42. The zero-order valence-electron chi connectivity index (χ0n) is 10.7. The monoisotopic (exact) mass is 247 g/mol. The zero-order valence-corrected chi connectivity index (χ0v) is 10.7. The molecule has 0 amide bonds. The molecule has 2 rings (SSSR count). The van der Waals surface area contributed by atoms with Crippen LogP contribution in [0.1, 0.15) is 12.6 Å². The molecule has 0 unspecified atom stereocenters. The van der Waals surface area contributed by atoms with E-state index in [2.05, 4.69) is 27.0 Å². The van der Waals surface area contributed by atoms with Gasteiger partial charge in [-0.2, -0.15) is 14.6 Å². The number of hydrogen-bond donors (Lipinski definition) is 1. The molecule has 96 valence electrons. The number of fused-ring (bicyclic) bond motifs is 1. The van der Waals surface area contributed by atoms with Crippen molar-refractivity contribution in [3.8, 4) is 0 Å². The highest BCUT2D eigenvalue weighted by molar-refractivity contribution is 5.44. The number of rotatable bonds is 6. The molecule has 0 saturated heterocycles. The van der Waals surface area contributed by atoms with Crippen LogP contribution >= 0.6 is 0 Å². The van der Waals surface area contributed by atoms with Crippen LogP contribution in [0, 0.1) is 6.92 Å². The van der Waals surface area contributed by atoms with E-state index in [1.165, 1.54) is 6.33 Å². The van der Waals surface area contributed by atoms with E-state index in [1.807, 2.05) is 19.9 Å². The first-order valence-corrected chi connectivity index (χ1v) is 5.80. The Morgan fingerprint density at radius 1 is 1.56 bits per heavy atom. The van der Waals surface area contributed by atoms with Gasteiger partial charge in [-0.15, -0.1) is 0 Å². The molecule has 0 aromatic carbocycles. The minimum Gasteiger partial charge on any atom is -0.375 e. The summed E-state index contributed by atoms with van der Waals surface area (Å²) in [7, 11) is 0. The van der Waals surface area contributed by atoms with Crippen molar-refractivity contribution in [2.24, 2.45) is 0 Å². The van der Waals surface area contributed by atoms with Gasteiger partial charge in [-0.25, -0.2) is 4.98 Å². The van der Waals surface area contributed by atoms with Gasteiger partial charge in [0.1, 0.15) is 12.1 Å². The van der Waals surface area contributed by atoms with E-state index in [9.17, 15) is 0 Å². The fourth-order valence-electron chi connectivity index (χ4n) is 1.55. The van der Waals surface area contributed by atoms with Gasteiger partial charge in [0, 0.05) is 18.3 Å². The summed E-state index contributed by atoms with van der Waals surface area (Å²) in [5.74, 6) is 1.47. The minimum absolute atomic E-state index is 0.593. The predicted molar refractivity (Wildman–Crippen MR) is 69.6 cm³/mol. The van der Waals surface area contributed by atoms with Gasteiger partial charge in [0.25, 0.3) is 5.78 Å². The third kappa shape index (κ3) is 3.04. The lowest BCUT2D eigenvalue weighted by molar-refractivity contribution is 0.167. The maximum absolute atomic E-state index is 5.42. The molecule has 2 aromatic heterocycles. The number of aryl methyl sites for hydroxylation is 1. The Hall–Kier alpha value is -1.95. The summed E-state index contributed by atoms with van der Waals surface area (Å²) < 4.78 is 7.09. The third-order valence-electron chi connectivity index (χ3n) is 2.28. The Kier molecular flexibility index (Phi) is 3.88. The Morgan fingerprint density at radius 2 is 2.39 bits per heavy atom. The van der Waals surface area contributed by atoms with Gasteiger partial charge in [0.15, 0.2) is 0 Å². The highest BCUT2D eigenvalue weighted by Crippen LogP contribution is 2.09. The van der Waals surface area contributed by atoms with E-state index in [-0.39, 0.29) is 0 Å². The van der Waals surface area contributed by atoms with Gasteiger partial charge < -0.3 is 10.1 Å². The second-order valence-corrected chi connectivity index (χ2v) is 4.19. The number of aromatic nitrogens is 4. The number of nitrogens with zero attached hydrogens (tertiary/aromatic N) is 4. The van der Waals surface area contributed by atoms with Crippen LogP contribution in [0.3, 0.4) is 0 Å². The van der Waals surface area contributed by atoms with Crippen molar-refractivity contribution in [2.75, 3.05) is 25.1 Å². The summed E-state index contributed by atoms with van der Waals surface area (Å²) in [6.45, 7) is 9.56. The van der Waals surface area contributed by atoms with Crippen LogP contribution in [0.15, 0.2) is 24.5 Å². The van der Waals surface area contributed by atoms with Crippen molar-refractivity contribution in [2.45, 2.75) is 13.8 Å². The molecule has 0 atom stereocenters. The SMILES string of the molecule is C=C(C)COCCNc1cc(C)nc2ncnn12. The Labute approximate surface area is 106 Å². The molecule has 1 N–H and O–H groups in total. The van der Waals surface area contributed by atoms with Crippen LogP contribution in [0.5, 0.6) is 0 Å². The smallest absolute Gasteiger partial charge is 0.254 e. The molecule has 0 spiro atoms. The summed E-state index contributed by atoms with van der Waals surface area (Å²) in [5.41, 5.74) is 1.93. The molecule has 0 aliphatic rings. The predicted octanol–water partition coefficient (Wildman–Crippen LogP) is 1.44. The first-order valence-electron chi connectivity index (χ1n) is 5.80. The van der Waals surface area contributed by atoms with E-state index >= 15 is 0 Å². The van der Waals surface area contributed by atoms with Crippen molar-refractivity contribution in [3.05, 3.63) is 30.2 Å². The van der Waals surface area contributed by atoms with Crippen molar-refractivity contribution >= 4 is 11.6 Å². The number of anilines is 1. The molecule has 6 nitrogen and oxygen atoms in total. The van der Waals surface area contributed by atoms with Crippen molar-refractivity contribution in [3.63, 3.8) is 0 Å². The highest BCUT2D eigenvalue weighted by atomic mass is 16.5. The van der Waals surface area contributed by atoms with Crippen LogP contribution in [0.25, 0.3) is 5.78 Å². The molecule has 0 aliphatic heterocycles. The molecule has 0 fully saturated rings. The minimum atomic E-state index is 0.593. The summed E-state index contributed by atoms with van der Waals surface area (Å²) in [5, 5.41) is 7.37. The van der Waals surface area contributed by atoms with Crippen LogP contribution in [0.2, 0.25) is 0 Å². The first kappa shape index (κ1) is 12.5. The number of ether oxygens (including phenoxy) is 1. The molecule has 6 heteroatoms. The molecule has 0 radical (unpaired) electrons. The molecule has 0 aliphatic carbocycles. The highest BCUT2D eigenvalue weighted by Gasteiger charge is 2.04. The van der Waals surface area contributed by atoms with E-state index in [1.54, 1.807) is 4.52 Å². The molecule has 2 aromatic rings. The number of nitrogens with one attached hydrogen (secondary N) is 1. The lowest BCUT2D eigenvalue weighted by atomic mass is 10.4. The normalized spacial score (nSPS) is 10.8. The maximum Gasteiger partial charge on any atom is 0.254 e. The fourth-order valence-corrected chi connectivity index (χ4v) is 1.55. The summed E-state index contributed by atoms with van der Waals surface area (Å²) in [4.78, 5) is 8.34. The summed E-state index contributed by atoms with van der Waals surface area (Å²) >= 11 is 0. The topological polar surface area (TPSA) is 64.3 Å². The summed E-state index contributed by atoms with van der Waals surface area (Å²) in [6.07, 6.45) is 1.49. The quantitative estimate of drug-likeness (QED) is 0.618. The summed E-state index contributed by atoms with van der Waals surface area (Å²) in [6, 6.07) is 1.93. The molecule has 18 heavy (non-hydrogen) atoms. The van der Waals surface area contributed by atoms with Crippen LogP contribution in [0.4, 0.5) is 5.82 Å². The van der Waals surface area contributed by atoms with E-state index < -0.39 is 0 Å².